The number of carbonyl (C=O) groups is 2. The summed E-state index contributed by atoms with van der Waals surface area (Å²) in [5.41, 5.74) is 10.2. The molecule has 1 unspecified atom stereocenters. The van der Waals surface area contributed by atoms with E-state index in [1.165, 1.54) is 22.6 Å². The number of amides is 2. The molecular weight excluding hydrogens is 442 g/mol. The van der Waals surface area contributed by atoms with Crippen LogP contribution in [0.5, 0.6) is 0 Å². The lowest BCUT2D eigenvalue weighted by Gasteiger charge is -2.21. The fraction of sp³-hybridized carbons (Fsp3) is 0.250. The maximum absolute atomic E-state index is 13.6. The maximum atomic E-state index is 13.6. The number of benzene rings is 2. The Morgan fingerprint density at radius 3 is 2.65 bits per heavy atom. The van der Waals surface area contributed by atoms with Crippen LogP contribution < -0.4 is 11.1 Å². The number of rotatable bonds is 6. The summed E-state index contributed by atoms with van der Waals surface area (Å²) in [6, 6.07) is 19.2. The molecule has 1 aliphatic carbocycles. The van der Waals surface area contributed by atoms with Gasteiger partial charge >= 0.3 is 0 Å². The van der Waals surface area contributed by atoms with E-state index in [2.05, 4.69) is 12.2 Å². The number of pyridine rings is 1. The number of primary amides is 1. The van der Waals surface area contributed by atoms with Crippen molar-refractivity contribution < 1.29 is 9.59 Å². The highest BCUT2D eigenvalue weighted by molar-refractivity contribution is 7.17. The summed E-state index contributed by atoms with van der Waals surface area (Å²) in [5.74, 6) is -0.119. The summed E-state index contributed by atoms with van der Waals surface area (Å²) in [6.45, 7) is 2.20. The van der Waals surface area contributed by atoms with Crippen molar-refractivity contribution in [3.05, 3.63) is 82.2 Å². The van der Waals surface area contributed by atoms with Crippen LogP contribution in [-0.2, 0) is 12.8 Å². The molecular formula is C28H27N3O2S. The number of nitrogens with zero attached hydrogens (tertiary/aromatic N) is 1. The second-order valence-corrected chi connectivity index (χ2v) is 9.97. The van der Waals surface area contributed by atoms with E-state index in [0.29, 0.717) is 22.0 Å². The van der Waals surface area contributed by atoms with E-state index in [1.54, 1.807) is 0 Å². The predicted octanol–water partition coefficient (Wildman–Crippen LogP) is 6.22. The van der Waals surface area contributed by atoms with E-state index >= 15 is 0 Å². The Morgan fingerprint density at radius 2 is 1.88 bits per heavy atom. The van der Waals surface area contributed by atoms with Gasteiger partial charge in [-0.2, -0.15) is 0 Å². The van der Waals surface area contributed by atoms with Crippen molar-refractivity contribution in [1.29, 1.82) is 0 Å². The summed E-state index contributed by atoms with van der Waals surface area (Å²) in [4.78, 5) is 31.9. The summed E-state index contributed by atoms with van der Waals surface area (Å²) >= 11 is 1.50. The topological polar surface area (TPSA) is 85.1 Å². The van der Waals surface area contributed by atoms with E-state index < -0.39 is 5.91 Å². The second kappa shape index (κ2) is 9.39. The van der Waals surface area contributed by atoms with Crippen LogP contribution in [0.4, 0.5) is 5.00 Å². The monoisotopic (exact) mass is 469 g/mol. The Morgan fingerprint density at radius 1 is 1.12 bits per heavy atom. The smallest absolute Gasteiger partial charge is 0.257 e. The molecule has 0 saturated carbocycles. The van der Waals surface area contributed by atoms with Crippen molar-refractivity contribution >= 4 is 39.1 Å². The molecule has 2 heterocycles. The molecule has 0 spiro atoms. The number of thiophene rings is 1. The van der Waals surface area contributed by atoms with Gasteiger partial charge in [0.15, 0.2) is 0 Å². The molecule has 5 rings (SSSR count). The number of carbonyl (C=O) groups excluding carboxylic acids is 2. The van der Waals surface area contributed by atoms with Crippen molar-refractivity contribution in [2.45, 2.75) is 39.0 Å². The van der Waals surface area contributed by atoms with Gasteiger partial charge in [0.1, 0.15) is 5.00 Å². The Balaban J connectivity index is 1.54. The average Bonchev–Trinajstić information content (AvgIpc) is 3.21. The quantitative estimate of drug-likeness (QED) is 0.351. The van der Waals surface area contributed by atoms with Crippen molar-refractivity contribution in [3.8, 4) is 11.3 Å². The van der Waals surface area contributed by atoms with Gasteiger partial charge in [-0.1, -0.05) is 68.3 Å². The van der Waals surface area contributed by atoms with Crippen molar-refractivity contribution in [2.24, 2.45) is 11.7 Å². The van der Waals surface area contributed by atoms with Crippen LogP contribution in [0.25, 0.3) is 22.2 Å². The van der Waals surface area contributed by atoms with Crippen LogP contribution in [0, 0.1) is 5.92 Å². The second-order valence-electron chi connectivity index (χ2n) is 8.86. The molecule has 2 amide bonds. The molecule has 1 aliphatic rings. The van der Waals surface area contributed by atoms with E-state index in [-0.39, 0.29) is 5.91 Å². The first kappa shape index (κ1) is 22.3. The SMILES string of the molecule is CCCC1CCc2c(sc(NC(=O)c3cc(-c4ccccc4)nc4ccccc34)c2C(N)=O)C1. The molecule has 34 heavy (non-hydrogen) atoms. The molecule has 1 atom stereocenters. The summed E-state index contributed by atoms with van der Waals surface area (Å²) in [6.07, 6.45) is 5.16. The lowest BCUT2D eigenvalue weighted by Crippen LogP contribution is -2.20. The summed E-state index contributed by atoms with van der Waals surface area (Å²) < 4.78 is 0. The van der Waals surface area contributed by atoms with Crippen molar-refractivity contribution in [3.63, 3.8) is 0 Å². The third kappa shape index (κ3) is 4.21. The zero-order valence-corrected chi connectivity index (χ0v) is 20.0. The van der Waals surface area contributed by atoms with Crippen LogP contribution in [0.2, 0.25) is 0 Å². The number of hydrogen-bond donors (Lipinski definition) is 2. The Kier molecular flexibility index (Phi) is 6.16. The standard InChI is InChI=1S/C28H27N3O2S/c1-2-8-17-13-14-20-24(15-17)34-28(25(20)26(29)32)31-27(33)21-16-23(18-9-4-3-5-10-18)30-22-12-7-6-11-19(21)22/h3-7,9-12,16-17H,2,8,13-15H2,1H3,(H2,29,32)(H,31,33). The van der Waals surface area contributed by atoms with E-state index in [4.69, 9.17) is 10.7 Å². The third-order valence-corrected chi connectivity index (χ3v) is 7.74. The van der Waals surface area contributed by atoms with Gasteiger partial charge in [0.25, 0.3) is 11.8 Å². The fourth-order valence-electron chi connectivity index (χ4n) is 4.95. The third-order valence-electron chi connectivity index (χ3n) is 6.57. The van der Waals surface area contributed by atoms with Gasteiger partial charge in [0.2, 0.25) is 0 Å². The summed E-state index contributed by atoms with van der Waals surface area (Å²) in [5, 5.41) is 4.36. The van der Waals surface area contributed by atoms with Crippen LogP contribution in [0.15, 0.2) is 60.7 Å². The first-order valence-electron chi connectivity index (χ1n) is 11.8. The number of hydrogen-bond acceptors (Lipinski definition) is 4. The average molecular weight is 470 g/mol. The zero-order valence-electron chi connectivity index (χ0n) is 19.1. The molecule has 0 aliphatic heterocycles. The summed E-state index contributed by atoms with van der Waals surface area (Å²) in [7, 11) is 0. The van der Waals surface area contributed by atoms with Gasteiger partial charge in [0, 0.05) is 15.8 Å². The van der Waals surface area contributed by atoms with Crippen molar-refractivity contribution in [1.82, 2.24) is 4.98 Å². The van der Waals surface area contributed by atoms with Crippen LogP contribution >= 0.6 is 11.3 Å². The molecule has 2 aromatic heterocycles. The molecule has 0 radical (unpaired) electrons. The number of anilines is 1. The molecule has 2 aromatic carbocycles. The predicted molar refractivity (Wildman–Crippen MR) is 138 cm³/mol. The normalized spacial score (nSPS) is 15.1. The van der Waals surface area contributed by atoms with E-state index in [9.17, 15) is 9.59 Å². The van der Waals surface area contributed by atoms with Crippen LogP contribution in [0.3, 0.4) is 0 Å². The minimum atomic E-state index is -0.480. The molecule has 0 bridgehead atoms. The van der Waals surface area contributed by atoms with Crippen LogP contribution in [-0.4, -0.2) is 16.8 Å². The molecule has 4 aromatic rings. The fourth-order valence-corrected chi connectivity index (χ4v) is 6.31. The largest absolute Gasteiger partial charge is 0.365 e. The van der Waals surface area contributed by atoms with Gasteiger partial charge < -0.3 is 11.1 Å². The molecule has 3 N–H and O–H groups in total. The minimum Gasteiger partial charge on any atom is -0.365 e. The van der Waals surface area contributed by atoms with Gasteiger partial charge in [-0.15, -0.1) is 11.3 Å². The van der Waals surface area contributed by atoms with Crippen LogP contribution in [0.1, 0.15) is 57.3 Å². The molecule has 172 valence electrons. The van der Waals surface area contributed by atoms with Gasteiger partial charge in [-0.25, -0.2) is 4.98 Å². The number of nitrogens with two attached hydrogens (primary N) is 1. The highest BCUT2D eigenvalue weighted by atomic mass is 32.1. The lowest BCUT2D eigenvalue weighted by molar-refractivity contribution is 0.1000. The Labute approximate surface area is 203 Å². The van der Waals surface area contributed by atoms with Gasteiger partial charge in [-0.05, 0) is 42.9 Å². The Bertz CT molecular complexity index is 1380. The van der Waals surface area contributed by atoms with Gasteiger partial charge in [-0.3, -0.25) is 9.59 Å². The first-order valence-corrected chi connectivity index (χ1v) is 12.6. The van der Waals surface area contributed by atoms with E-state index in [1.807, 2.05) is 60.7 Å². The number of para-hydroxylation sites is 1. The Hall–Kier alpha value is -3.51. The number of nitrogens with one attached hydrogen (secondary N) is 1. The number of aromatic nitrogens is 1. The highest BCUT2D eigenvalue weighted by Crippen LogP contribution is 2.41. The minimum absolute atomic E-state index is 0.262. The molecule has 6 heteroatoms. The zero-order chi connectivity index (χ0) is 23.7. The molecule has 5 nitrogen and oxygen atoms in total. The first-order chi connectivity index (χ1) is 16.5. The van der Waals surface area contributed by atoms with E-state index in [0.717, 1.165) is 53.4 Å². The van der Waals surface area contributed by atoms with Gasteiger partial charge in [0.05, 0.1) is 22.3 Å². The molecule has 0 fully saturated rings. The molecule has 0 saturated heterocycles. The van der Waals surface area contributed by atoms with Crippen molar-refractivity contribution in [2.75, 3.05) is 5.32 Å². The number of fused-ring (bicyclic) bond motifs is 2. The highest BCUT2D eigenvalue weighted by Gasteiger charge is 2.29. The maximum Gasteiger partial charge on any atom is 0.257 e. The lowest BCUT2D eigenvalue weighted by atomic mass is 9.84.